The lowest BCUT2D eigenvalue weighted by atomic mass is 10.2. The smallest absolute Gasteiger partial charge is 0.224 e. The lowest BCUT2D eigenvalue weighted by Crippen LogP contribution is -1.99. The summed E-state index contributed by atoms with van der Waals surface area (Å²) in [4.78, 5) is 8.38. The number of rotatable bonds is 3. The van der Waals surface area contributed by atoms with E-state index in [0.29, 0.717) is 18.2 Å². The van der Waals surface area contributed by atoms with Crippen molar-refractivity contribution in [3.8, 4) is 5.88 Å². The fourth-order valence-corrected chi connectivity index (χ4v) is 2.39. The molecule has 0 fully saturated rings. The highest BCUT2D eigenvalue weighted by Gasteiger charge is 2.05. The van der Waals surface area contributed by atoms with E-state index in [1.54, 1.807) is 0 Å². The van der Waals surface area contributed by atoms with Crippen LogP contribution in [0.5, 0.6) is 5.88 Å². The van der Waals surface area contributed by atoms with Gasteiger partial charge in [-0.25, -0.2) is 9.97 Å². The molecule has 1 aromatic heterocycles. The van der Waals surface area contributed by atoms with Crippen LogP contribution in [0.15, 0.2) is 53.3 Å². The summed E-state index contributed by atoms with van der Waals surface area (Å²) in [5.41, 5.74) is 8.35. The highest BCUT2D eigenvalue weighted by atomic mass is 79.9. The van der Waals surface area contributed by atoms with Crippen molar-refractivity contribution >= 4 is 32.5 Å². The van der Waals surface area contributed by atoms with Gasteiger partial charge in [0.1, 0.15) is 12.9 Å². The first-order valence-corrected chi connectivity index (χ1v) is 6.89. The standard InChI is InChI=1S/C15H12BrN3O/c16-11-3-1-2-10(6-11)8-20-15-13-7-12(17)4-5-14(13)18-9-19-15/h1-7,9H,8,17H2. The highest BCUT2D eigenvalue weighted by molar-refractivity contribution is 9.10. The highest BCUT2D eigenvalue weighted by Crippen LogP contribution is 2.24. The summed E-state index contributed by atoms with van der Waals surface area (Å²) >= 11 is 3.44. The van der Waals surface area contributed by atoms with E-state index in [1.807, 2.05) is 42.5 Å². The quantitative estimate of drug-likeness (QED) is 0.746. The van der Waals surface area contributed by atoms with E-state index in [9.17, 15) is 0 Å². The van der Waals surface area contributed by atoms with Crippen molar-refractivity contribution in [3.63, 3.8) is 0 Å². The lowest BCUT2D eigenvalue weighted by molar-refractivity contribution is 0.297. The van der Waals surface area contributed by atoms with Gasteiger partial charge < -0.3 is 10.5 Å². The average molecular weight is 330 g/mol. The Morgan fingerprint density at radius 3 is 2.85 bits per heavy atom. The zero-order valence-electron chi connectivity index (χ0n) is 10.6. The Balaban J connectivity index is 1.89. The van der Waals surface area contributed by atoms with Crippen LogP contribution in [-0.2, 0) is 6.61 Å². The Bertz CT molecular complexity index is 761. The van der Waals surface area contributed by atoms with Gasteiger partial charge in [-0.3, -0.25) is 0 Å². The molecule has 100 valence electrons. The van der Waals surface area contributed by atoms with Gasteiger partial charge in [0.05, 0.1) is 10.9 Å². The third-order valence-corrected chi connectivity index (χ3v) is 3.38. The molecule has 2 aromatic carbocycles. The van der Waals surface area contributed by atoms with Crippen LogP contribution < -0.4 is 10.5 Å². The van der Waals surface area contributed by atoms with Gasteiger partial charge in [0.25, 0.3) is 0 Å². The average Bonchev–Trinajstić information content (AvgIpc) is 2.45. The van der Waals surface area contributed by atoms with E-state index in [0.717, 1.165) is 20.9 Å². The van der Waals surface area contributed by atoms with Crippen LogP contribution in [0.25, 0.3) is 10.9 Å². The van der Waals surface area contributed by atoms with Gasteiger partial charge in [-0.05, 0) is 35.9 Å². The Hall–Kier alpha value is -2.14. The molecule has 0 saturated carbocycles. The van der Waals surface area contributed by atoms with Crippen LogP contribution in [0, 0.1) is 0 Å². The number of halogens is 1. The molecule has 0 atom stereocenters. The molecule has 0 bridgehead atoms. The third-order valence-electron chi connectivity index (χ3n) is 2.89. The number of nitrogens with zero attached hydrogens (tertiary/aromatic N) is 2. The first kappa shape index (κ1) is 12.9. The number of ether oxygens (including phenoxy) is 1. The zero-order valence-corrected chi connectivity index (χ0v) is 12.2. The molecule has 0 saturated heterocycles. The summed E-state index contributed by atoms with van der Waals surface area (Å²) in [6.07, 6.45) is 1.49. The van der Waals surface area contributed by atoms with E-state index in [-0.39, 0.29) is 0 Å². The summed E-state index contributed by atoms with van der Waals surface area (Å²) in [6.45, 7) is 0.445. The zero-order chi connectivity index (χ0) is 13.9. The first-order chi connectivity index (χ1) is 9.72. The third kappa shape index (κ3) is 2.72. The van der Waals surface area contributed by atoms with E-state index in [4.69, 9.17) is 10.5 Å². The molecular formula is C15H12BrN3O. The van der Waals surface area contributed by atoms with Crippen molar-refractivity contribution in [2.75, 3.05) is 5.73 Å². The maximum Gasteiger partial charge on any atom is 0.224 e. The minimum absolute atomic E-state index is 0.445. The van der Waals surface area contributed by atoms with Gasteiger partial charge in [-0.1, -0.05) is 28.1 Å². The molecule has 4 nitrogen and oxygen atoms in total. The van der Waals surface area contributed by atoms with E-state index in [2.05, 4.69) is 25.9 Å². The van der Waals surface area contributed by atoms with E-state index in [1.165, 1.54) is 6.33 Å². The predicted octanol–water partition coefficient (Wildman–Crippen LogP) is 3.55. The topological polar surface area (TPSA) is 61.0 Å². The largest absolute Gasteiger partial charge is 0.472 e. The molecular weight excluding hydrogens is 318 g/mol. The van der Waals surface area contributed by atoms with Gasteiger partial charge in [0.15, 0.2) is 0 Å². The first-order valence-electron chi connectivity index (χ1n) is 6.10. The Morgan fingerprint density at radius 2 is 2.00 bits per heavy atom. The number of hydrogen-bond donors (Lipinski definition) is 1. The molecule has 2 N–H and O–H groups in total. The normalized spacial score (nSPS) is 10.7. The van der Waals surface area contributed by atoms with Gasteiger partial charge >= 0.3 is 0 Å². The number of nitrogens with two attached hydrogens (primary N) is 1. The summed E-state index contributed by atoms with van der Waals surface area (Å²) < 4.78 is 6.81. The second-order valence-electron chi connectivity index (χ2n) is 4.37. The van der Waals surface area contributed by atoms with Crippen molar-refractivity contribution in [1.29, 1.82) is 0 Å². The molecule has 5 heteroatoms. The molecule has 0 unspecified atom stereocenters. The minimum atomic E-state index is 0.445. The fourth-order valence-electron chi connectivity index (χ4n) is 1.94. The molecule has 0 amide bonds. The minimum Gasteiger partial charge on any atom is -0.472 e. The predicted molar refractivity (Wildman–Crippen MR) is 82.4 cm³/mol. The maximum absolute atomic E-state index is 5.80. The molecule has 3 rings (SSSR count). The second kappa shape index (κ2) is 5.46. The van der Waals surface area contributed by atoms with Crippen molar-refractivity contribution in [1.82, 2.24) is 9.97 Å². The summed E-state index contributed by atoms with van der Waals surface area (Å²) in [5.74, 6) is 0.544. The van der Waals surface area contributed by atoms with Crippen LogP contribution in [-0.4, -0.2) is 9.97 Å². The van der Waals surface area contributed by atoms with Crippen LogP contribution in [0.1, 0.15) is 5.56 Å². The van der Waals surface area contributed by atoms with Crippen molar-refractivity contribution in [3.05, 3.63) is 58.8 Å². The molecule has 0 aliphatic rings. The lowest BCUT2D eigenvalue weighted by Gasteiger charge is -2.08. The molecule has 1 heterocycles. The van der Waals surface area contributed by atoms with E-state index < -0.39 is 0 Å². The van der Waals surface area contributed by atoms with Crippen molar-refractivity contribution in [2.45, 2.75) is 6.61 Å². The number of benzene rings is 2. The van der Waals surface area contributed by atoms with Gasteiger partial charge in [0, 0.05) is 10.2 Å². The van der Waals surface area contributed by atoms with Crippen LogP contribution in [0.2, 0.25) is 0 Å². The molecule has 3 aromatic rings. The number of anilines is 1. The van der Waals surface area contributed by atoms with Crippen molar-refractivity contribution < 1.29 is 4.74 Å². The fraction of sp³-hybridized carbons (Fsp3) is 0.0667. The van der Waals surface area contributed by atoms with E-state index >= 15 is 0 Å². The number of hydrogen-bond acceptors (Lipinski definition) is 4. The Labute approximate surface area is 124 Å². The van der Waals surface area contributed by atoms with Crippen LogP contribution >= 0.6 is 15.9 Å². The van der Waals surface area contributed by atoms with Gasteiger partial charge in [-0.2, -0.15) is 0 Å². The van der Waals surface area contributed by atoms with Crippen molar-refractivity contribution in [2.24, 2.45) is 0 Å². The Kier molecular flexibility index (Phi) is 3.52. The maximum atomic E-state index is 5.80. The SMILES string of the molecule is Nc1ccc2ncnc(OCc3cccc(Br)c3)c2c1. The summed E-state index contributed by atoms with van der Waals surface area (Å²) in [7, 11) is 0. The van der Waals surface area contributed by atoms with Gasteiger partial charge in [-0.15, -0.1) is 0 Å². The molecule has 0 spiro atoms. The van der Waals surface area contributed by atoms with Gasteiger partial charge in [0.2, 0.25) is 5.88 Å². The molecule has 20 heavy (non-hydrogen) atoms. The second-order valence-corrected chi connectivity index (χ2v) is 5.29. The molecule has 0 aliphatic carbocycles. The summed E-state index contributed by atoms with van der Waals surface area (Å²) in [6, 6.07) is 13.5. The summed E-state index contributed by atoms with van der Waals surface area (Å²) in [5, 5.41) is 0.822. The van der Waals surface area contributed by atoms with Crippen LogP contribution in [0.3, 0.4) is 0 Å². The monoisotopic (exact) mass is 329 g/mol. The molecule has 0 radical (unpaired) electrons. The number of aromatic nitrogens is 2. The Morgan fingerprint density at radius 1 is 1.10 bits per heavy atom. The number of fused-ring (bicyclic) bond motifs is 1. The molecule has 0 aliphatic heterocycles. The van der Waals surface area contributed by atoms with Crippen LogP contribution in [0.4, 0.5) is 5.69 Å². The number of nitrogen functional groups attached to an aromatic ring is 1.